The highest BCUT2D eigenvalue weighted by Crippen LogP contribution is 2.06. The number of pyridine rings is 1. The van der Waals surface area contributed by atoms with E-state index in [-0.39, 0.29) is 12.3 Å². The van der Waals surface area contributed by atoms with Gasteiger partial charge in [-0.2, -0.15) is 0 Å². The number of nitrogens with one attached hydrogen (secondary N) is 1. The molecule has 0 bridgehead atoms. The molecule has 0 aliphatic heterocycles. The predicted octanol–water partition coefficient (Wildman–Crippen LogP) is 1.15. The van der Waals surface area contributed by atoms with E-state index in [1.54, 1.807) is 18.3 Å². The van der Waals surface area contributed by atoms with Crippen molar-refractivity contribution in [1.29, 1.82) is 0 Å². The zero-order valence-electron chi connectivity index (χ0n) is 8.45. The Labute approximate surface area is 83.5 Å². The largest absolute Gasteiger partial charge is 0.325 e. The first-order valence-corrected chi connectivity index (χ1v) is 4.47. The van der Waals surface area contributed by atoms with Gasteiger partial charge in [-0.25, -0.2) is 4.98 Å². The fourth-order valence-corrected chi connectivity index (χ4v) is 1.04. The topological polar surface area (TPSA) is 68.0 Å². The summed E-state index contributed by atoms with van der Waals surface area (Å²) in [6, 6.07) is 5.35. The molecule has 0 spiro atoms. The summed E-state index contributed by atoms with van der Waals surface area (Å²) < 4.78 is 0. The summed E-state index contributed by atoms with van der Waals surface area (Å²) in [7, 11) is 0. The van der Waals surface area contributed by atoms with Crippen LogP contribution in [0, 0.1) is 0 Å². The van der Waals surface area contributed by atoms with E-state index in [2.05, 4.69) is 10.3 Å². The van der Waals surface area contributed by atoms with Crippen LogP contribution in [0.2, 0.25) is 0 Å². The van der Waals surface area contributed by atoms with Gasteiger partial charge in [-0.3, -0.25) is 4.79 Å². The Balaban J connectivity index is 2.50. The third kappa shape index (κ3) is 4.00. The summed E-state index contributed by atoms with van der Waals surface area (Å²) >= 11 is 0. The number of amides is 1. The van der Waals surface area contributed by atoms with E-state index < -0.39 is 5.54 Å². The smallest absolute Gasteiger partial charge is 0.227 e. The molecule has 0 saturated carbocycles. The summed E-state index contributed by atoms with van der Waals surface area (Å²) in [4.78, 5) is 15.4. The Morgan fingerprint density at radius 3 is 2.79 bits per heavy atom. The van der Waals surface area contributed by atoms with Crippen molar-refractivity contribution in [3.63, 3.8) is 0 Å². The lowest BCUT2D eigenvalue weighted by molar-refractivity contribution is -0.117. The average molecular weight is 193 g/mol. The number of carbonyl (C=O) groups is 1. The lowest BCUT2D eigenvalue weighted by Gasteiger charge is -2.17. The van der Waals surface area contributed by atoms with Gasteiger partial charge in [0.1, 0.15) is 5.82 Å². The number of anilines is 1. The predicted molar refractivity (Wildman–Crippen MR) is 55.8 cm³/mol. The van der Waals surface area contributed by atoms with E-state index in [0.717, 1.165) is 0 Å². The summed E-state index contributed by atoms with van der Waals surface area (Å²) in [6.07, 6.45) is 1.91. The first-order chi connectivity index (χ1) is 6.47. The van der Waals surface area contributed by atoms with Gasteiger partial charge in [0, 0.05) is 18.2 Å². The van der Waals surface area contributed by atoms with Crippen LogP contribution < -0.4 is 11.1 Å². The molecular weight excluding hydrogens is 178 g/mol. The number of carbonyl (C=O) groups excluding carboxylic acids is 1. The highest BCUT2D eigenvalue weighted by atomic mass is 16.1. The molecule has 14 heavy (non-hydrogen) atoms. The fraction of sp³-hybridized carbons (Fsp3) is 0.400. The zero-order valence-corrected chi connectivity index (χ0v) is 8.45. The van der Waals surface area contributed by atoms with Crippen LogP contribution in [0.1, 0.15) is 20.3 Å². The van der Waals surface area contributed by atoms with E-state index in [1.807, 2.05) is 19.9 Å². The summed E-state index contributed by atoms with van der Waals surface area (Å²) in [5, 5.41) is 2.67. The Hall–Kier alpha value is -1.42. The Bertz CT molecular complexity index is 303. The summed E-state index contributed by atoms with van der Waals surface area (Å²) in [5.41, 5.74) is 5.22. The molecule has 1 amide bonds. The molecule has 0 aromatic carbocycles. The lowest BCUT2D eigenvalue weighted by Crippen LogP contribution is -2.36. The maximum Gasteiger partial charge on any atom is 0.227 e. The van der Waals surface area contributed by atoms with E-state index in [0.29, 0.717) is 5.82 Å². The second-order valence-electron chi connectivity index (χ2n) is 3.93. The van der Waals surface area contributed by atoms with Crippen molar-refractivity contribution in [3.05, 3.63) is 24.4 Å². The molecule has 0 unspecified atom stereocenters. The molecule has 0 radical (unpaired) electrons. The van der Waals surface area contributed by atoms with Crippen molar-refractivity contribution in [2.24, 2.45) is 5.73 Å². The maximum atomic E-state index is 11.4. The van der Waals surface area contributed by atoms with Crippen LogP contribution in [0.5, 0.6) is 0 Å². The minimum Gasteiger partial charge on any atom is -0.325 e. The molecule has 0 saturated heterocycles. The molecule has 0 aliphatic rings. The third-order valence-corrected chi connectivity index (χ3v) is 1.55. The second-order valence-corrected chi connectivity index (χ2v) is 3.93. The van der Waals surface area contributed by atoms with Crippen LogP contribution in [0.4, 0.5) is 5.82 Å². The van der Waals surface area contributed by atoms with Gasteiger partial charge in [-0.15, -0.1) is 0 Å². The summed E-state index contributed by atoms with van der Waals surface area (Å²) in [6.45, 7) is 3.62. The molecule has 1 aromatic heterocycles. The molecule has 76 valence electrons. The number of hydrogen-bond donors (Lipinski definition) is 2. The molecule has 4 nitrogen and oxygen atoms in total. The molecule has 1 aromatic rings. The number of nitrogens with zero attached hydrogens (tertiary/aromatic N) is 1. The summed E-state index contributed by atoms with van der Waals surface area (Å²) in [5.74, 6) is 0.443. The second kappa shape index (κ2) is 4.19. The van der Waals surface area contributed by atoms with Crippen LogP contribution >= 0.6 is 0 Å². The van der Waals surface area contributed by atoms with E-state index in [9.17, 15) is 4.79 Å². The number of nitrogens with two attached hydrogens (primary N) is 1. The molecule has 3 N–H and O–H groups in total. The molecule has 4 heteroatoms. The fourth-order valence-electron chi connectivity index (χ4n) is 1.04. The van der Waals surface area contributed by atoms with Gasteiger partial charge in [-0.05, 0) is 26.0 Å². The van der Waals surface area contributed by atoms with Gasteiger partial charge in [0.25, 0.3) is 0 Å². The van der Waals surface area contributed by atoms with Crippen LogP contribution in [-0.4, -0.2) is 16.4 Å². The van der Waals surface area contributed by atoms with Crippen LogP contribution in [-0.2, 0) is 4.79 Å². The standard InChI is InChI=1S/C10H15N3O/c1-10(2,11)7-9(14)13-8-5-3-4-6-12-8/h3-6H,7,11H2,1-2H3,(H,12,13,14). The van der Waals surface area contributed by atoms with Gasteiger partial charge < -0.3 is 11.1 Å². The van der Waals surface area contributed by atoms with Crippen LogP contribution in [0.3, 0.4) is 0 Å². The van der Waals surface area contributed by atoms with Crippen molar-refractivity contribution in [3.8, 4) is 0 Å². The molecule has 0 atom stereocenters. The van der Waals surface area contributed by atoms with Gasteiger partial charge >= 0.3 is 0 Å². The maximum absolute atomic E-state index is 11.4. The number of hydrogen-bond acceptors (Lipinski definition) is 3. The van der Waals surface area contributed by atoms with Gasteiger partial charge in [-0.1, -0.05) is 6.07 Å². The Kier molecular flexibility index (Phi) is 3.19. The minimum atomic E-state index is -0.487. The third-order valence-electron chi connectivity index (χ3n) is 1.55. The van der Waals surface area contributed by atoms with Crippen molar-refractivity contribution in [2.45, 2.75) is 25.8 Å². The van der Waals surface area contributed by atoms with Crippen LogP contribution in [0.15, 0.2) is 24.4 Å². The van der Waals surface area contributed by atoms with Crippen molar-refractivity contribution in [2.75, 3.05) is 5.32 Å². The monoisotopic (exact) mass is 193 g/mol. The molecule has 0 aliphatic carbocycles. The highest BCUT2D eigenvalue weighted by molar-refractivity contribution is 5.90. The van der Waals surface area contributed by atoms with E-state index in [1.165, 1.54) is 0 Å². The van der Waals surface area contributed by atoms with Crippen molar-refractivity contribution >= 4 is 11.7 Å². The molecule has 0 fully saturated rings. The number of aromatic nitrogens is 1. The SMILES string of the molecule is CC(C)(N)CC(=O)Nc1ccccn1. The van der Waals surface area contributed by atoms with Crippen molar-refractivity contribution in [1.82, 2.24) is 4.98 Å². The molecule has 1 heterocycles. The Morgan fingerprint density at radius 2 is 2.29 bits per heavy atom. The first-order valence-electron chi connectivity index (χ1n) is 4.47. The minimum absolute atomic E-state index is 0.115. The highest BCUT2D eigenvalue weighted by Gasteiger charge is 2.16. The van der Waals surface area contributed by atoms with Gasteiger partial charge in [0.05, 0.1) is 0 Å². The lowest BCUT2D eigenvalue weighted by atomic mass is 10.0. The quantitative estimate of drug-likeness (QED) is 0.756. The first kappa shape index (κ1) is 10.7. The molecule has 1 rings (SSSR count). The Morgan fingerprint density at radius 1 is 1.57 bits per heavy atom. The zero-order chi connectivity index (χ0) is 10.6. The number of rotatable bonds is 3. The van der Waals surface area contributed by atoms with Crippen LogP contribution in [0.25, 0.3) is 0 Å². The average Bonchev–Trinajstić information content (AvgIpc) is 2.02. The van der Waals surface area contributed by atoms with E-state index in [4.69, 9.17) is 5.73 Å². The van der Waals surface area contributed by atoms with Gasteiger partial charge in [0.15, 0.2) is 0 Å². The van der Waals surface area contributed by atoms with E-state index >= 15 is 0 Å². The normalized spacial score (nSPS) is 11.1. The van der Waals surface area contributed by atoms with Gasteiger partial charge in [0.2, 0.25) is 5.91 Å². The molecular formula is C10H15N3O. The van der Waals surface area contributed by atoms with Crippen molar-refractivity contribution < 1.29 is 4.79 Å².